The molecule has 0 aliphatic carbocycles. The molecule has 5 N–H and O–H groups in total. The molecule has 0 saturated carbocycles. The topological polar surface area (TPSA) is 277 Å². The van der Waals surface area contributed by atoms with Crippen LogP contribution in [0.15, 0.2) is 40.1 Å². The van der Waals surface area contributed by atoms with E-state index in [4.69, 9.17) is 24.5 Å². The molecule has 2 atom stereocenters. The van der Waals surface area contributed by atoms with Crippen LogP contribution in [0.4, 0.5) is 13.2 Å². The molecule has 2 aromatic rings. The number of H-pyrrole nitrogens is 1. The van der Waals surface area contributed by atoms with Crippen LogP contribution in [0.3, 0.4) is 0 Å². The van der Waals surface area contributed by atoms with E-state index in [1.54, 1.807) is 5.32 Å². The molecule has 0 bridgehead atoms. The molecule has 280 valence electrons. The average molecular weight is 790 g/mol. The third-order valence-corrected chi connectivity index (χ3v) is 16.5. The number of aromatic nitrogens is 2. The maximum absolute atomic E-state index is 12.5. The van der Waals surface area contributed by atoms with Gasteiger partial charge < -0.3 is 15.4 Å². The molecule has 2 heterocycles. The Kier molecular flexibility index (Phi) is 14.7. The van der Waals surface area contributed by atoms with Crippen molar-refractivity contribution in [1.29, 1.82) is 0 Å². The zero-order valence-corrected chi connectivity index (χ0v) is 28.4. The Morgan fingerprint density at radius 2 is 1.75 bits per heavy atom. The van der Waals surface area contributed by atoms with E-state index in [0.29, 0.717) is 5.56 Å². The number of aromatic amines is 1. The summed E-state index contributed by atoms with van der Waals surface area (Å²) in [6.45, 7) is -7.76. The number of carbonyl (C=O) groups excluding carboxylic acids is 2. The van der Waals surface area contributed by atoms with Gasteiger partial charge in [0.15, 0.2) is 0 Å². The number of halogens is 3. The summed E-state index contributed by atoms with van der Waals surface area (Å²) in [6.07, 6.45) is -5.98. The van der Waals surface area contributed by atoms with Gasteiger partial charge in [0.25, 0.3) is 5.91 Å². The molecule has 20 nitrogen and oxygen atoms in total. The fraction of sp³-hybridized carbons (Fsp3) is 0.440. The number of carbonyl (C=O) groups is 2. The van der Waals surface area contributed by atoms with Gasteiger partial charge in [-0.1, -0.05) is 12.1 Å². The van der Waals surface area contributed by atoms with Gasteiger partial charge in [-0.3, -0.25) is 9.59 Å². The second-order valence-electron chi connectivity index (χ2n) is 10.1. The first-order valence-electron chi connectivity index (χ1n) is 14.1. The molecule has 3 rings (SSSR count). The number of rotatable bonds is 17. The largest absolute Gasteiger partial charge is 0.471 e. The standard InChI is InChI=1S/C25H28F3N4O16P3/c26-25(27,28)23(35)30-13-16-4-6-17(7-5-16)21(33)29-10-12-43-11-2-1-3-18-14-32(24(36)31-22(18)34)20-9-8-19(45-20)15-44-51(47-38,48-46-37,49(39)40)50(41)42/h4-7,14,19-20,37-38H,3,8-13,15H2,(H,29,33)(H,30,35)(H,31,34,36)/t19-,20+/m0/s1. The van der Waals surface area contributed by atoms with E-state index in [2.05, 4.69) is 36.5 Å². The molecular weight excluding hydrogens is 762 g/mol. The molecular formula is C25H28F3N4O16P3. The number of nitrogens with zero attached hydrogens (tertiary/aromatic N) is 1. The summed E-state index contributed by atoms with van der Waals surface area (Å²) in [5.74, 6) is 2.77. The van der Waals surface area contributed by atoms with Gasteiger partial charge in [0.2, 0.25) is 0 Å². The number of alkyl halides is 3. The maximum atomic E-state index is 12.5. The van der Waals surface area contributed by atoms with Crippen LogP contribution in [0.1, 0.15) is 40.6 Å². The second-order valence-corrected chi connectivity index (χ2v) is 20.3. The molecule has 1 aromatic carbocycles. The summed E-state index contributed by atoms with van der Waals surface area (Å²) >= 11 is 0. The molecule has 0 unspecified atom stereocenters. The Morgan fingerprint density at radius 3 is 2.35 bits per heavy atom. The van der Waals surface area contributed by atoms with Gasteiger partial charge in [-0.2, -0.15) is 13.2 Å². The van der Waals surface area contributed by atoms with Crippen LogP contribution in [-0.4, -0.2) is 70.5 Å². The summed E-state index contributed by atoms with van der Waals surface area (Å²) in [4.78, 5) is 50.0. The quantitative estimate of drug-likeness (QED) is 0.0506. The molecule has 1 aromatic heterocycles. The van der Waals surface area contributed by atoms with E-state index in [-0.39, 0.29) is 56.7 Å². The summed E-state index contributed by atoms with van der Waals surface area (Å²) in [7, 11) is -8.77. The van der Waals surface area contributed by atoms with Gasteiger partial charge in [0.05, 0.1) is 6.61 Å². The molecule has 1 fully saturated rings. The van der Waals surface area contributed by atoms with Crippen molar-refractivity contribution in [2.45, 2.75) is 44.3 Å². The normalized spacial score (nSPS) is 16.7. The van der Waals surface area contributed by atoms with E-state index in [1.807, 2.05) is 0 Å². The molecule has 1 aliphatic rings. The molecule has 0 spiro atoms. The number of benzene rings is 1. The first kappa shape index (κ1) is 41.5. The molecule has 0 radical (unpaired) electrons. The zero-order chi connectivity index (χ0) is 37.8. The van der Waals surface area contributed by atoms with Crippen molar-refractivity contribution in [3.63, 3.8) is 0 Å². The smallest absolute Gasteiger partial charge is 0.344 e. The fourth-order valence-corrected chi connectivity index (χ4v) is 8.65. The number of ether oxygens (including phenoxy) is 2. The first-order chi connectivity index (χ1) is 24.1. The van der Waals surface area contributed by atoms with Crippen LogP contribution in [0.5, 0.6) is 0 Å². The summed E-state index contributed by atoms with van der Waals surface area (Å²) in [6, 6.07) is 5.51. The summed E-state index contributed by atoms with van der Waals surface area (Å²) in [5.41, 5.74) is -1.02. The molecule has 51 heavy (non-hydrogen) atoms. The Bertz CT molecular complexity index is 1870. The fourth-order valence-electron chi connectivity index (χ4n) is 4.20. The minimum absolute atomic E-state index is 0.0430. The van der Waals surface area contributed by atoms with Gasteiger partial charge in [-0.25, -0.2) is 0 Å². The monoisotopic (exact) mass is 790 g/mol. The van der Waals surface area contributed by atoms with Crippen molar-refractivity contribution in [1.82, 2.24) is 20.2 Å². The van der Waals surface area contributed by atoms with E-state index in [0.717, 1.165) is 4.57 Å². The average Bonchev–Trinajstić information content (AvgIpc) is 3.56. The predicted octanol–water partition coefficient (Wildman–Crippen LogP) is 2.79. The van der Waals surface area contributed by atoms with E-state index >= 15 is 0 Å². The number of hydrogen-bond acceptors (Lipinski definition) is 16. The van der Waals surface area contributed by atoms with E-state index in [9.17, 15) is 50.6 Å². The molecule has 2 amide bonds. The van der Waals surface area contributed by atoms with Crippen LogP contribution < -0.4 is 21.9 Å². The van der Waals surface area contributed by atoms with Gasteiger partial charge >= 0.3 is 185 Å². The number of hydrogen-bond donors (Lipinski definition) is 5. The summed E-state index contributed by atoms with van der Waals surface area (Å²) < 4.78 is 108. The second kappa shape index (κ2) is 18.0. The van der Waals surface area contributed by atoms with Crippen LogP contribution in [-0.2, 0) is 64.4 Å². The third kappa shape index (κ3) is 10.3. The van der Waals surface area contributed by atoms with Crippen molar-refractivity contribution in [3.8, 4) is 11.8 Å². The van der Waals surface area contributed by atoms with Crippen LogP contribution in [0.25, 0.3) is 0 Å². The van der Waals surface area contributed by atoms with Gasteiger partial charge in [0.1, 0.15) is 0 Å². The Balaban J connectivity index is 1.47. The van der Waals surface area contributed by atoms with Crippen molar-refractivity contribution in [2.75, 3.05) is 26.4 Å². The van der Waals surface area contributed by atoms with E-state index in [1.165, 1.54) is 30.5 Å². The Hall–Kier alpha value is -3.90. The van der Waals surface area contributed by atoms with Crippen molar-refractivity contribution in [3.05, 3.63) is 68.0 Å². The number of nitrogens with one attached hydrogen (secondary N) is 3. The first-order valence-corrected chi connectivity index (χ1v) is 19.9. The van der Waals surface area contributed by atoms with Gasteiger partial charge in [-0.05, 0) is 17.7 Å². The Morgan fingerprint density at radius 1 is 1.06 bits per heavy atom. The SMILES string of the molecule is O=C(NCCOCC#CCc1cn([C@H]2CC[C@@H](COP(OO)(OOO)(P(=O)=O)P(=O)=O)O2)c(=O)[nH]c1=O)c1ccc(CNC(=O)C(F)(F)F)cc1. The zero-order valence-electron chi connectivity index (χ0n) is 25.7. The van der Waals surface area contributed by atoms with Gasteiger partial charge in [-0.15, -0.1) is 0 Å². The van der Waals surface area contributed by atoms with Crippen LogP contribution in [0.2, 0.25) is 0 Å². The van der Waals surface area contributed by atoms with E-state index < -0.39 is 69.6 Å². The van der Waals surface area contributed by atoms with Crippen molar-refractivity contribution >= 4 is 33.2 Å². The van der Waals surface area contributed by atoms with Crippen molar-refractivity contribution in [2.24, 2.45) is 0 Å². The Labute approximate surface area is 283 Å². The minimum atomic E-state index is -6.51. The number of amides is 2. The molecule has 1 aliphatic heterocycles. The predicted molar refractivity (Wildman–Crippen MR) is 161 cm³/mol. The minimum Gasteiger partial charge on any atom is -0.344 e. The van der Waals surface area contributed by atoms with Gasteiger partial charge in [0, 0.05) is 18.7 Å². The van der Waals surface area contributed by atoms with Crippen molar-refractivity contribution < 1.29 is 79.9 Å². The third-order valence-electron chi connectivity index (χ3n) is 6.80. The molecule has 26 heteroatoms. The van der Waals surface area contributed by atoms with Crippen LogP contribution >= 0.6 is 21.4 Å². The summed E-state index contributed by atoms with van der Waals surface area (Å²) in [5, 5.41) is 25.1. The maximum Gasteiger partial charge on any atom is 0.471 e. The molecule has 1 saturated heterocycles. The van der Waals surface area contributed by atoms with Crippen LogP contribution in [0, 0.1) is 11.8 Å².